The van der Waals surface area contributed by atoms with Gasteiger partial charge in [-0.2, -0.15) is 0 Å². The van der Waals surface area contributed by atoms with Crippen LogP contribution in [0.5, 0.6) is 0 Å². The van der Waals surface area contributed by atoms with E-state index in [1.807, 2.05) is 36.5 Å². The molecule has 0 spiro atoms. The summed E-state index contributed by atoms with van der Waals surface area (Å²) in [5, 5.41) is 6.66. The Labute approximate surface area is 159 Å². The minimum Gasteiger partial charge on any atom is -0.357 e. The van der Waals surface area contributed by atoms with Crippen LogP contribution in [0, 0.1) is 6.92 Å². The van der Waals surface area contributed by atoms with Crippen molar-refractivity contribution in [1.29, 1.82) is 0 Å². The number of pyridine rings is 1. The molecule has 0 amide bonds. The van der Waals surface area contributed by atoms with Gasteiger partial charge < -0.3 is 10.6 Å². The topological polar surface area (TPSA) is 49.3 Å². The maximum absolute atomic E-state index is 4.60. The fourth-order valence-corrected chi connectivity index (χ4v) is 2.97. The zero-order chi connectivity index (χ0) is 15.8. The van der Waals surface area contributed by atoms with E-state index in [0.717, 1.165) is 36.9 Å². The summed E-state index contributed by atoms with van der Waals surface area (Å²) < 4.78 is 0. The molecule has 6 heteroatoms. The van der Waals surface area contributed by atoms with Crippen molar-refractivity contribution in [2.75, 3.05) is 6.54 Å². The predicted octanol–water partition coefficient (Wildman–Crippen LogP) is 3.89. The highest BCUT2D eigenvalue weighted by atomic mass is 127. The molecule has 0 fully saturated rings. The first kappa shape index (κ1) is 19.9. The minimum atomic E-state index is 0. The Bertz CT molecular complexity index is 625. The smallest absolute Gasteiger partial charge is 0.191 e. The molecule has 0 aliphatic carbocycles. The molecule has 2 aromatic rings. The first-order valence-electron chi connectivity index (χ1n) is 7.73. The minimum absolute atomic E-state index is 0. The van der Waals surface area contributed by atoms with Gasteiger partial charge in [0.05, 0.1) is 18.8 Å². The van der Waals surface area contributed by atoms with E-state index in [9.17, 15) is 0 Å². The van der Waals surface area contributed by atoms with Crippen molar-refractivity contribution >= 4 is 41.3 Å². The molecular formula is C17H25IN4S. The second-order valence-corrected chi connectivity index (χ2v) is 6.29. The SMILES string of the molecule is CCNC(=NCc1cccc(C)n1)NCc1ccc(CC)s1.I. The summed E-state index contributed by atoms with van der Waals surface area (Å²) in [7, 11) is 0. The number of thiophene rings is 1. The number of nitrogens with zero attached hydrogens (tertiary/aromatic N) is 2. The fraction of sp³-hybridized carbons (Fsp3) is 0.412. The van der Waals surface area contributed by atoms with E-state index in [0.29, 0.717) is 6.54 Å². The Kier molecular flexibility index (Phi) is 9.16. The summed E-state index contributed by atoms with van der Waals surface area (Å²) in [4.78, 5) is 11.8. The molecule has 4 nitrogen and oxygen atoms in total. The van der Waals surface area contributed by atoms with Crippen LogP contribution in [0.25, 0.3) is 0 Å². The summed E-state index contributed by atoms with van der Waals surface area (Å²) in [5.74, 6) is 0.831. The molecule has 0 atom stereocenters. The Hall–Kier alpha value is -1.15. The molecular weight excluding hydrogens is 419 g/mol. The lowest BCUT2D eigenvalue weighted by Gasteiger charge is -2.10. The number of hydrogen-bond acceptors (Lipinski definition) is 3. The summed E-state index contributed by atoms with van der Waals surface area (Å²) in [6, 6.07) is 10.4. The summed E-state index contributed by atoms with van der Waals surface area (Å²) in [6.45, 7) is 8.49. The largest absolute Gasteiger partial charge is 0.357 e. The van der Waals surface area contributed by atoms with Crippen LogP contribution in [0.15, 0.2) is 35.3 Å². The van der Waals surface area contributed by atoms with Crippen molar-refractivity contribution in [3.8, 4) is 0 Å². The molecule has 0 saturated carbocycles. The van der Waals surface area contributed by atoms with Crippen molar-refractivity contribution in [3.05, 3.63) is 51.5 Å². The number of nitrogens with one attached hydrogen (secondary N) is 2. The van der Waals surface area contributed by atoms with Gasteiger partial charge in [-0.05, 0) is 44.5 Å². The van der Waals surface area contributed by atoms with Crippen molar-refractivity contribution < 1.29 is 0 Å². The molecule has 0 unspecified atom stereocenters. The number of aryl methyl sites for hydroxylation is 2. The monoisotopic (exact) mass is 444 g/mol. The highest BCUT2D eigenvalue weighted by Crippen LogP contribution is 2.16. The van der Waals surface area contributed by atoms with Gasteiger partial charge in [0.1, 0.15) is 0 Å². The second-order valence-electron chi connectivity index (χ2n) is 5.04. The van der Waals surface area contributed by atoms with Gasteiger partial charge >= 0.3 is 0 Å². The molecule has 0 aliphatic heterocycles. The molecule has 2 N–H and O–H groups in total. The van der Waals surface area contributed by atoms with Crippen molar-refractivity contribution in [1.82, 2.24) is 15.6 Å². The third-order valence-electron chi connectivity index (χ3n) is 3.19. The van der Waals surface area contributed by atoms with Crippen molar-refractivity contribution in [2.45, 2.75) is 40.3 Å². The van der Waals surface area contributed by atoms with E-state index in [1.54, 1.807) is 0 Å². The van der Waals surface area contributed by atoms with Crippen molar-refractivity contribution in [3.63, 3.8) is 0 Å². The van der Waals surface area contributed by atoms with E-state index in [-0.39, 0.29) is 24.0 Å². The third kappa shape index (κ3) is 6.87. The zero-order valence-electron chi connectivity index (χ0n) is 13.9. The van der Waals surface area contributed by atoms with Gasteiger partial charge in [-0.25, -0.2) is 4.99 Å². The summed E-state index contributed by atoms with van der Waals surface area (Å²) in [5.41, 5.74) is 2.01. The standard InChI is InChI=1S/C17H24N4S.HI/c1-4-15-9-10-16(22-15)12-20-17(18-5-2)19-11-14-8-6-7-13(3)21-14;/h6-10H,4-5,11-12H2,1-3H3,(H2,18,19,20);1H. The Morgan fingerprint density at radius 3 is 2.57 bits per heavy atom. The Morgan fingerprint density at radius 1 is 1.13 bits per heavy atom. The fourth-order valence-electron chi connectivity index (χ4n) is 2.07. The maximum atomic E-state index is 4.60. The summed E-state index contributed by atoms with van der Waals surface area (Å²) >= 11 is 1.85. The molecule has 0 bridgehead atoms. The van der Waals surface area contributed by atoms with Crippen LogP contribution in [0.4, 0.5) is 0 Å². The molecule has 0 radical (unpaired) electrons. The molecule has 0 aromatic carbocycles. The van der Waals surface area contributed by atoms with Crippen LogP contribution in [-0.4, -0.2) is 17.5 Å². The first-order chi connectivity index (χ1) is 10.7. The third-order valence-corrected chi connectivity index (χ3v) is 4.41. The molecule has 0 aliphatic rings. The van der Waals surface area contributed by atoms with Crippen LogP contribution in [0.1, 0.15) is 35.0 Å². The van der Waals surface area contributed by atoms with Gasteiger partial charge in [0.15, 0.2) is 5.96 Å². The van der Waals surface area contributed by atoms with Crippen LogP contribution in [0.3, 0.4) is 0 Å². The lowest BCUT2D eigenvalue weighted by molar-refractivity contribution is 0.818. The average molecular weight is 444 g/mol. The lowest BCUT2D eigenvalue weighted by Crippen LogP contribution is -2.36. The van der Waals surface area contributed by atoms with Gasteiger partial charge in [0.2, 0.25) is 0 Å². The van der Waals surface area contributed by atoms with Crippen LogP contribution >= 0.6 is 35.3 Å². The molecule has 2 heterocycles. The van der Waals surface area contributed by atoms with Gasteiger partial charge in [-0.3, -0.25) is 4.98 Å². The predicted molar refractivity (Wildman–Crippen MR) is 110 cm³/mol. The van der Waals surface area contributed by atoms with Crippen LogP contribution in [0.2, 0.25) is 0 Å². The number of guanidine groups is 1. The number of rotatable bonds is 6. The average Bonchev–Trinajstić information content (AvgIpc) is 2.98. The van der Waals surface area contributed by atoms with Crippen LogP contribution < -0.4 is 10.6 Å². The summed E-state index contributed by atoms with van der Waals surface area (Å²) in [6.07, 6.45) is 1.10. The van der Waals surface area contributed by atoms with Gasteiger partial charge in [0.25, 0.3) is 0 Å². The van der Waals surface area contributed by atoms with Crippen molar-refractivity contribution in [2.24, 2.45) is 4.99 Å². The number of halogens is 1. The first-order valence-corrected chi connectivity index (χ1v) is 8.55. The zero-order valence-corrected chi connectivity index (χ0v) is 17.1. The van der Waals surface area contributed by atoms with Gasteiger partial charge in [-0.1, -0.05) is 13.0 Å². The molecule has 0 saturated heterocycles. The Balaban J connectivity index is 0.00000264. The van der Waals surface area contributed by atoms with E-state index < -0.39 is 0 Å². The highest BCUT2D eigenvalue weighted by Gasteiger charge is 2.02. The second kappa shape index (κ2) is 10.6. The lowest BCUT2D eigenvalue weighted by atomic mass is 10.3. The van der Waals surface area contributed by atoms with Gasteiger partial charge in [-0.15, -0.1) is 35.3 Å². The van der Waals surface area contributed by atoms with Gasteiger partial charge in [0, 0.05) is 22.0 Å². The van der Waals surface area contributed by atoms with E-state index in [1.165, 1.54) is 9.75 Å². The number of aliphatic imine (C=N–C) groups is 1. The molecule has 23 heavy (non-hydrogen) atoms. The molecule has 2 rings (SSSR count). The number of hydrogen-bond donors (Lipinski definition) is 2. The van der Waals surface area contributed by atoms with E-state index >= 15 is 0 Å². The highest BCUT2D eigenvalue weighted by molar-refractivity contribution is 14.0. The Morgan fingerprint density at radius 2 is 1.91 bits per heavy atom. The number of aromatic nitrogens is 1. The quantitative estimate of drug-likeness (QED) is 0.404. The molecule has 126 valence electrons. The van der Waals surface area contributed by atoms with E-state index in [2.05, 4.69) is 46.6 Å². The van der Waals surface area contributed by atoms with Crippen LogP contribution in [-0.2, 0) is 19.5 Å². The normalized spacial score (nSPS) is 11.0. The maximum Gasteiger partial charge on any atom is 0.191 e. The van der Waals surface area contributed by atoms with E-state index in [4.69, 9.17) is 0 Å². The molecule has 2 aromatic heterocycles.